The van der Waals surface area contributed by atoms with E-state index in [1.807, 2.05) is 18.2 Å². The maximum atomic E-state index is 12.2. The van der Waals surface area contributed by atoms with Crippen LogP contribution in [-0.4, -0.2) is 23.0 Å². The summed E-state index contributed by atoms with van der Waals surface area (Å²) >= 11 is 0. The van der Waals surface area contributed by atoms with Crippen molar-refractivity contribution < 1.29 is 9.53 Å². The number of aromatic nitrogens is 1. The average Bonchev–Trinajstić information content (AvgIpc) is 2.76. The maximum absolute atomic E-state index is 12.2. The number of carbonyl (C=O) groups excluding carboxylic acids is 1. The summed E-state index contributed by atoms with van der Waals surface area (Å²) in [7, 11) is 0. The summed E-state index contributed by atoms with van der Waals surface area (Å²) in [5.74, 6) is 0.640. The average molecular weight is 245 g/mol. The van der Waals surface area contributed by atoms with E-state index in [9.17, 15) is 4.79 Å². The molecule has 3 heterocycles. The van der Waals surface area contributed by atoms with Crippen LogP contribution in [0.1, 0.15) is 37.8 Å². The van der Waals surface area contributed by atoms with Gasteiger partial charge in [0.2, 0.25) is 0 Å². The number of ether oxygens (including phenoxy) is 1. The standard InChI is InChI=1S/C15H19NO2/c17-15(7-4-12-3-1-2-8-16-12)11-9-13-5-6-14(10-11)18-13/h1-3,8,11,13-14H,4-7,9-10H2. The molecule has 2 fully saturated rings. The number of ketones is 1. The Balaban J connectivity index is 1.53. The Bertz CT molecular complexity index is 406. The minimum Gasteiger partial charge on any atom is -0.375 e. The first kappa shape index (κ1) is 11.8. The van der Waals surface area contributed by atoms with Gasteiger partial charge >= 0.3 is 0 Å². The highest BCUT2D eigenvalue weighted by atomic mass is 16.5. The fourth-order valence-electron chi connectivity index (χ4n) is 3.12. The molecule has 18 heavy (non-hydrogen) atoms. The number of pyridine rings is 1. The largest absolute Gasteiger partial charge is 0.375 e. The number of nitrogens with zero attached hydrogens (tertiary/aromatic N) is 1. The lowest BCUT2D eigenvalue weighted by molar-refractivity contribution is -0.128. The van der Waals surface area contributed by atoms with Gasteiger partial charge in [-0.05, 0) is 44.2 Å². The molecule has 2 unspecified atom stereocenters. The van der Waals surface area contributed by atoms with Crippen LogP contribution in [0.15, 0.2) is 24.4 Å². The van der Waals surface area contributed by atoms with E-state index in [1.54, 1.807) is 6.20 Å². The molecular weight excluding hydrogens is 226 g/mol. The number of Topliss-reactive ketones (excluding diaryl/α,β-unsaturated/α-hetero) is 1. The van der Waals surface area contributed by atoms with Gasteiger partial charge in [0.15, 0.2) is 0 Å². The highest BCUT2D eigenvalue weighted by molar-refractivity contribution is 5.81. The SMILES string of the molecule is O=C(CCc1ccccn1)C1CC2CCC(C1)O2. The van der Waals surface area contributed by atoms with Crippen molar-refractivity contribution in [1.82, 2.24) is 4.98 Å². The van der Waals surface area contributed by atoms with Gasteiger partial charge in [0.25, 0.3) is 0 Å². The van der Waals surface area contributed by atoms with Crippen LogP contribution < -0.4 is 0 Å². The van der Waals surface area contributed by atoms with Crippen molar-refractivity contribution in [3.63, 3.8) is 0 Å². The predicted molar refractivity (Wildman–Crippen MR) is 68.2 cm³/mol. The lowest BCUT2D eigenvalue weighted by Crippen LogP contribution is -2.30. The van der Waals surface area contributed by atoms with Crippen LogP contribution in [0.4, 0.5) is 0 Å². The van der Waals surface area contributed by atoms with Gasteiger partial charge in [0.1, 0.15) is 5.78 Å². The number of aryl methyl sites for hydroxylation is 1. The lowest BCUT2D eigenvalue weighted by Gasteiger charge is -2.27. The number of carbonyl (C=O) groups is 1. The fourth-order valence-corrected chi connectivity index (χ4v) is 3.12. The molecule has 1 aromatic rings. The summed E-state index contributed by atoms with van der Waals surface area (Å²) < 4.78 is 5.78. The third-order valence-corrected chi connectivity index (χ3v) is 4.10. The molecule has 2 saturated heterocycles. The summed E-state index contributed by atoms with van der Waals surface area (Å²) in [5.41, 5.74) is 1.01. The molecule has 0 radical (unpaired) electrons. The van der Waals surface area contributed by atoms with Gasteiger partial charge in [-0.15, -0.1) is 0 Å². The number of hydrogen-bond acceptors (Lipinski definition) is 3. The highest BCUT2D eigenvalue weighted by Gasteiger charge is 2.37. The minimum absolute atomic E-state index is 0.236. The summed E-state index contributed by atoms with van der Waals surface area (Å²) in [6.45, 7) is 0. The molecule has 0 amide bonds. The molecule has 3 rings (SSSR count). The Morgan fingerprint density at radius 1 is 1.28 bits per heavy atom. The molecule has 2 aliphatic heterocycles. The monoisotopic (exact) mass is 245 g/mol. The normalized spacial score (nSPS) is 30.3. The zero-order valence-corrected chi connectivity index (χ0v) is 10.5. The molecule has 2 aliphatic rings. The van der Waals surface area contributed by atoms with E-state index in [0.29, 0.717) is 24.4 Å². The summed E-state index contributed by atoms with van der Waals surface area (Å²) in [4.78, 5) is 16.5. The van der Waals surface area contributed by atoms with Crippen molar-refractivity contribution in [3.05, 3.63) is 30.1 Å². The Kier molecular flexibility index (Phi) is 3.41. The van der Waals surface area contributed by atoms with Crippen LogP contribution in [0.3, 0.4) is 0 Å². The van der Waals surface area contributed by atoms with Crippen LogP contribution >= 0.6 is 0 Å². The van der Waals surface area contributed by atoms with Crippen molar-refractivity contribution in [2.75, 3.05) is 0 Å². The summed E-state index contributed by atoms with van der Waals surface area (Å²) in [5, 5.41) is 0. The smallest absolute Gasteiger partial charge is 0.136 e. The fraction of sp³-hybridized carbons (Fsp3) is 0.600. The van der Waals surface area contributed by atoms with E-state index in [0.717, 1.165) is 37.8 Å². The summed E-state index contributed by atoms with van der Waals surface area (Å²) in [6, 6.07) is 5.87. The van der Waals surface area contributed by atoms with Gasteiger partial charge in [0, 0.05) is 24.2 Å². The van der Waals surface area contributed by atoms with Crippen molar-refractivity contribution >= 4 is 5.78 Å². The molecule has 0 spiro atoms. The highest BCUT2D eigenvalue weighted by Crippen LogP contribution is 2.36. The zero-order chi connectivity index (χ0) is 12.4. The molecule has 3 nitrogen and oxygen atoms in total. The van der Waals surface area contributed by atoms with Crippen LogP contribution in [0.25, 0.3) is 0 Å². The van der Waals surface area contributed by atoms with Crippen LogP contribution in [0.2, 0.25) is 0 Å². The first-order chi connectivity index (χ1) is 8.81. The van der Waals surface area contributed by atoms with Crippen molar-refractivity contribution in [1.29, 1.82) is 0 Å². The molecule has 0 aromatic carbocycles. The second-order valence-corrected chi connectivity index (χ2v) is 5.41. The zero-order valence-electron chi connectivity index (χ0n) is 10.5. The number of rotatable bonds is 4. The van der Waals surface area contributed by atoms with Gasteiger partial charge in [0.05, 0.1) is 12.2 Å². The quantitative estimate of drug-likeness (QED) is 0.818. The van der Waals surface area contributed by atoms with Crippen molar-refractivity contribution in [2.45, 2.75) is 50.7 Å². The molecule has 1 aromatic heterocycles. The second-order valence-electron chi connectivity index (χ2n) is 5.41. The lowest BCUT2D eigenvalue weighted by atomic mass is 9.89. The number of hydrogen-bond donors (Lipinski definition) is 0. The van der Waals surface area contributed by atoms with Crippen LogP contribution in [0.5, 0.6) is 0 Å². The Labute approximate surface area is 108 Å². The molecule has 0 saturated carbocycles. The van der Waals surface area contributed by atoms with Gasteiger partial charge < -0.3 is 4.74 Å². The van der Waals surface area contributed by atoms with Crippen molar-refractivity contribution in [2.24, 2.45) is 5.92 Å². The Morgan fingerprint density at radius 3 is 2.72 bits per heavy atom. The maximum Gasteiger partial charge on any atom is 0.136 e. The molecule has 96 valence electrons. The van der Waals surface area contributed by atoms with E-state index in [1.165, 1.54) is 0 Å². The van der Waals surface area contributed by atoms with Gasteiger partial charge in [-0.1, -0.05) is 6.07 Å². The topological polar surface area (TPSA) is 39.2 Å². The van der Waals surface area contributed by atoms with E-state index in [4.69, 9.17) is 4.74 Å². The van der Waals surface area contributed by atoms with Crippen LogP contribution in [0, 0.1) is 5.92 Å². The van der Waals surface area contributed by atoms with E-state index < -0.39 is 0 Å². The molecule has 0 N–H and O–H groups in total. The van der Waals surface area contributed by atoms with Crippen molar-refractivity contribution in [3.8, 4) is 0 Å². The molecular formula is C15H19NO2. The van der Waals surface area contributed by atoms with E-state index in [-0.39, 0.29) is 5.92 Å². The number of fused-ring (bicyclic) bond motifs is 2. The summed E-state index contributed by atoms with van der Waals surface area (Å²) in [6.07, 6.45) is 8.07. The van der Waals surface area contributed by atoms with Gasteiger partial charge in [-0.3, -0.25) is 9.78 Å². The molecule has 2 atom stereocenters. The van der Waals surface area contributed by atoms with Gasteiger partial charge in [-0.25, -0.2) is 0 Å². The molecule has 3 heteroatoms. The van der Waals surface area contributed by atoms with Gasteiger partial charge in [-0.2, -0.15) is 0 Å². The van der Waals surface area contributed by atoms with E-state index in [2.05, 4.69) is 4.98 Å². The third kappa shape index (κ3) is 2.61. The Hall–Kier alpha value is -1.22. The second kappa shape index (κ2) is 5.19. The first-order valence-corrected chi connectivity index (χ1v) is 6.89. The first-order valence-electron chi connectivity index (χ1n) is 6.89. The minimum atomic E-state index is 0.236. The molecule has 2 bridgehead atoms. The van der Waals surface area contributed by atoms with Crippen LogP contribution in [-0.2, 0) is 16.0 Å². The predicted octanol–water partition coefficient (Wildman–Crippen LogP) is 2.54. The van der Waals surface area contributed by atoms with E-state index >= 15 is 0 Å². The molecule has 0 aliphatic carbocycles. The Morgan fingerprint density at radius 2 is 2.06 bits per heavy atom. The third-order valence-electron chi connectivity index (χ3n) is 4.10.